The zero-order valence-electron chi connectivity index (χ0n) is 23.1. The average molecular weight is 659 g/mol. The van der Waals surface area contributed by atoms with Gasteiger partial charge >= 0.3 is 0 Å². The zero-order chi connectivity index (χ0) is 31.7. The van der Waals surface area contributed by atoms with E-state index >= 15 is 0 Å². The van der Waals surface area contributed by atoms with Crippen molar-refractivity contribution in [1.29, 1.82) is 0 Å². The van der Waals surface area contributed by atoms with Crippen molar-refractivity contribution >= 4 is 44.9 Å². The van der Waals surface area contributed by atoms with E-state index in [1.165, 1.54) is 12.1 Å². The number of ether oxygens (including phenoxy) is 2. The number of fused-ring (bicyclic) bond motifs is 1. The summed E-state index contributed by atoms with van der Waals surface area (Å²) >= 11 is 3.17. The second-order valence-electron chi connectivity index (χ2n) is 10.1. The number of amides is 1. The molecule has 1 aliphatic heterocycles. The highest BCUT2D eigenvalue weighted by Crippen LogP contribution is 2.40. The van der Waals surface area contributed by atoms with Gasteiger partial charge in [-0.25, -0.2) is 26.9 Å². The van der Waals surface area contributed by atoms with Crippen LogP contribution >= 0.6 is 23.1 Å². The van der Waals surface area contributed by atoms with E-state index in [0.717, 1.165) is 25.7 Å². The quantitative estimate of drug-likeness (QED) is 0.0760. The number of aromatic nitrogens is 1. The van der Waals surface area contributed by atoms with Crippen LogP contribution in [0.1, 0.15) is 45.9 Å². The van der Waals surface area contributed by atoms with Gasteiger partial charge < -0.3 is 19.9 Å². The summed E-state index contributed by atoms with van der Waals surface area (Å²) < 4.78 is 83.4. The van der Waals surface area contributed by atoms with Crippen molar-refractivity contribution < 1.29 is 41.3 Å². The van der Waals surface area contributed by atoms with E-state index in [9.17, 15) is 31.9 Å². The first-order valence-electron chi connectivity index (χ1n) is 13.6. The van der Waals surface area contributed by atoms with Crippen molar-refractivity contribution in [3.63, 3.8) is 0 Å². The second kappa shape index (κ2) is 13.2. The van der Waals surface area contributed by atoms with Crippen LogP contribution in [0.25, 0.3) is 10.2 Å². The number of carbonyl (C=O) groups excluding carboxylic acids is 1. The van der Waals surface area contributed by atoms with Crippen LogP contribution in [0, 0.1) is 29.1 Å². The number of benzene rings is 4. The minimum absolute atomic E-state index is 0.0441. The summed E-state index contributed by atoms with van der Waals surface area (Å²) in [7, 11) is 0. The van der Waals surface area contributed by atoms with Crippen LogP contribution in [0.2, 0.25) is 0 Å². The molecule has 0 saturated carbocycles. The van der Waals surface area contributed by atoms with Crippen LogP contribution < -0.4 is 5.32 Å². The molecule has 2 N–H and O–H groups in total. The zero-order valence-corrected chi connectivity index (χ0v) is 24.7. The minimum Gasteiger partial charge on any atom is -0.392 e. The van der Waals surface area contributed by atoms with Crippen LogP contribution in [0.15, 0.2) is 77.1 Å². The number of rotatable bonds is 8. The van der Waals surface area contributed by atoms with Gasteiger partial charge in [0.2, 0.25) is 5.82 Å². The first kappa shape index (κ1) is 31.1. The Balaban J connectivity index is 1.20. The van der Waals surface area contributed by atoms with Crippen molar-refractivity contribution in [2.24, 2.45) is 0 Å². The largest absolute Gasteiger partial charge is 0.392 e. The van der Waals surface area contributed by atoms with Crippen LogP contribution in [-0.4, -0.2) is 27.9 Å². The maximum atomic E-state index is 14.1. The molecule has 13 heteroatoms. The molecule has 2 heterocycles. The molecule has 4 aromatic carbocycles. The molecule has 6 rings (SSSR count). The number of anilines is 1. The number of hydrogen-bond acceptors (Lipinski definition) is 7. The summed E-state index contributed by atoms with van der Waals surface area (Å²) in [5, 5.41) is 11.6. The molecule has 6 nitrogen and oxygen atoms in total. The van der Waals surface area contributed by atoms with Crippen molar-refractivity contribution in [3.05, 3.63) is 124 Å². The van der Waals surface area contributed by atoms with Crippen LogP contribution in [0.5, 0.6) is 0 Å². The molecule has 232 valence electrons. The lowest BCUT2D eigenvalue weighted by molar-refractivity contribution is -0.245. The monoisotopic (exact) mass is 658 g/mol. The third kappa shape index (κ3) is 6.58. The number of thiazole rings is 1. The standard InChI is InChI=1S/C32H23F5N2O4S2/c33-25-24(26(34)28(36)29(37)27(25)35)30(41)38-19-11-9-18(10-12-19)31-42-20(13-22(43-31)17-7-5-16(14-40)6-8-17)15-44-32-39-21-3-1-2-4-23(21)45-32/h1-12,20,22,31,40H,13-15H2,(H,38,41)/t20-,22+,31+/m0/s1. The first-order valence-corrected chi connectivity index (χ1v) is 15.4. The molecule has 5 aromatic rings. The summed E-state index contributed by atoms with van der Waals surface area (Å²) in [6, 6.07) is 21.2. The SMILES string of the molecule is O=C(Nc1ccc([C@@H]2O[C@H](CSc3nc4ccccc4s3)C[C@H](c3ccc(CO)cc3)O2)cc1)c1c(F)c(F)c(F)c(F)c1F. The molecule has 1 aliphatic rings. The van der Waals surface area contributed by atoms with Gasteiger partial charge in [-0.3, -0.25) is 4.79 Å². The molecule has 0 spiro atoms. The Labute approximate surface area is 261 Å². The Hall–Kier alpha value is -3.88. The molecular weight excluding hydrogens is 635 g/mol. The highest BCUT2D eigenvalue weighted by Gasteiger charge is 2.33. The maximum Gasteiger partial charge on any atom is 0.261 e. The summed E-state index contributed by atoms with van der Waals surface area (Å²) in [5.74, 6) is -12.1. The van der Waals surface area contributed by atoms with Crippen LogP contribution in [0.3, 0.4) is 0 Å². The lowest BCUT2D eigenvalue weighted by Crippen LogP contribution is -2.31. The Morgan fingerprint density at radius 3 is 2.18 bits per heavy atom. The molecule has 1 fully saturated rings. The molecule has 45 heavy (non-hydrogen) atoms. The fraction of sp³-hybridized carbons (Fsp3) is 0.188. The van der Waals surface area contributed by atoms with Gasteiger partial charge in [0.05, 0.1) is 29.0 Å². The molecule has 1 amide bonds. The number of para-hydroxylation sites is 1. The third-order valence-corrected chi connectivity index (χ3v) is 9.47. The molecule has 0 aliphatic carbocycles. The Bertz CT molecular complexity index is 1790. The van der Waals surface area contributed by atoms with Gasteiger partial charge in [0.25, 0.3) is 5.91 Å². The van der Waals surface area contributed by atoms with E-state index in [0.29, 0.717) is 17.7 Å². The molecule has 1 aromatic heterocycles. The Morgan fingerprint density at radius 2 is 1.51 bits per heavy atom. The number of thioether (sulfide) groups is 1. The van der Waals surface area contributed by atoms with Gasteiger partial charge in [0.15, 0.2) is 33.9 Å². The van der Waals surface area contributed by atoms with Gasteiger partial charge in [-0.2, -0.15) is 0 Å². The van der Waals surface area contributed by atoms with E-state index in [4.69, 9.17) is 9.47 Å². The second-order valence-corrected chi connectivity index (χ2v) is 12.4. The van der Waals surface area contributed by atoms with Crippen LogP contribution in [0.4, 0.5) is 27.6 Å². The number of nitrogens with zero attached hydrogens (tertiary/aromatic N) is 1. The fourth-order valence-electron chi connectivity index (χ4n) is 4.82. The molecule has 1 saturated heterocycles. The predicted octanol–water partition coefficient (Wildman–Crippen LogP) is 8.07. The Kier molecular flexibility index (Phi) is 9.15. The number of halogens is 5. The smallest absolute Gasteiger partial charge is 0.261 e. The van der Waals surface area contributed by atoms with Crippen molar-refractivity contribution in [3.8, 4) is 0 Å². The minimum atomic E-state index is -2.35. The van der Waals surface area contributed by atoms with Gasteiger partial charge in [-0.15, -0.1) is 11.3 Å². The number of nitrogens with one attached hydrogen (secondary N) is 1. The summed E-state index contributed by atoms with van der Waals surface area (Å²) in [5.41, 5.74) is 1.59. The topological polar surface area (TPSA) is 80.7 Å². The predicted molar refractivity (Wildman–Crippen MR) is 159 cm³/mol. The van der Waals surface area contributed by atoms with Crippen molar-refractivity contribution in [2.75, 3.05) is 11.1 Å². The Morgan fingerprint density at radius 1 is 0.867 bits per heavy atom. The maximum absolute atomic E-state index is 14.1. The van der Waals surface area contributed by atoms with E-state index in [1.807, 2.05) is 48.5 Å². The van der Waals surface area contributed by atoms with Gasteiger partial charge in [-0.05, 0) is 35.4 Å². The van der Waals surface area contributed by atoms with Crippen molar-refractivity contribution in [2.45, 2.75) is 35.9 Å². The van der Waals surface area contributed by atoms with E-state index in [2.05, 4.69) is 10.3 Å². The number of hydrogen-bond donors (Lipinski definition) is 2. The lowest BCUT2D eigenvalue weighted by atomic mass is 10.0. The molecule has 0 unspecified atom stereocenters. The van der Waals surface area contributed by atoms with Gasteiger partial charge in [0.1, 0.15) is 5.56 Å². The van der Waals surface area contributed by atoms with Crippen molar-refractivity contribution in [1.82, 2.24) is 4.98 Å². The first-order chi connectivity index (χ1) is 21.7. The highest BCUT2D eigenvalue weighted by molar-refractivity contribution is 8.01. The van der Waals surface area contributed by atoms with E-state index in [-0.39, 0.29) is 24.5 Å². The lowest BCUT2D eigenvalue weighted by Gasteiger charge is -2.36. The molecular formula is C32H23F5N2O4S2. The number of carbonyl (C=O) groups is 1. The van der Waals surface area contributed by atoms with E-state index in [1.54, 1.807) is 35.2 Å². The third-order valence-electron chi connectivity index (χ3n) is 7.16. The summed E-state index contributed by atoms with van der Waals surface area (Å²) in [6.45, 7) is -0.0911. The summed E-state index contributed by atoms with van der Waals surface area (Å²) in [4.78, 5) is 17.2. The molecule has 0 bridgehead atoms. The van der Waals surface area contributed by atoms with Gasteiger partial charge in [0, 0.05) is 23.4 Å². The molecule has 0 radical (unpaired) electrons. The number of aliphatic hydroxyl groups excluding tert-OH is 1. The highest BCUT2D eigenvalue weighted by atomic mass is 32.2. The van der Waals surface area contributed by atoms with Gasteiger partial charge in [-0.1, -0.05) is 60.3 Å². The fourth-order valence-corrected chi connectivity index (χ4v) is 6.93. The normalized spacial score (nSPS) is 18.3. The summed E-state index contributed by atoms with van der Waals surface area (Å²) in [6.07, 6.45) is -0.895. The van der Waals surface area contributed by atoms with Crippen LogP contribution in [-0.2, 0) is 16.1 Å². The average Bonchev–Trinajstić information content (AvgIpc) is 3.49. The number of aliphatic hydroxyl groups is 1. The van der Waals surface area contributed by atoms with E-state index < -0.39 is 46.8 Å². The molecule has 3 atom stereocenters.